The highest BCUT2D eigenvalue weighted by molar-refractivity contribution is 7.19. The number of ether oxygens (including phenoxy) is 1. The van der Waals surface area contributed by atoms with Gasteiger partial charge in [-0.25, -0.2) is 14.8 Å². The summed E-state index contributed by atoms with van der Waals surface area (Å²) in [5, 5.41) is 4.02. The Bertz CT molecular complexity index is 1700. The first-order valence-corrected chi connectivity index (χ1v) is 13.6. The van der Waals surface area contributed by atoms with E-state index in [9.17, 15) is 22.8 Å². The minimum atomic E-state index is -4.60. The van der Waals surface area contributed by atoms with Crippen LogP contribution in [0.4, 0.5) is 13.2 Å². The first-order chi connectivity index (χ1) is 18.6. The zero-order valence-electron chi connectivity index (χ0n) is 20.7. The van der Waals surface area contributed by atoms with Crippen LogP contribution in [0.2, 0.25) is 5.02 Å². The maximum atomic E-state index is 12.9. The van der Waals surface area contributed by atoms with Gasteiger partial charge < -0.3 is 10.1 Å². The molecule has 2 bridgehead atoms. The molecule has 1 aliphatic carbocycles. The third-order valence-electron chi connectivity index (χ3n) is 7.20. The van der Waals surface area contributed by atoms with Crippen LogP contribution in [0.25, 0.3) is 21.5 Å². The quantitative estimate of drug-likeness (QED) is 0.366. The number of nitrogens with one attached hydrogen (secondary N) is 1. The van der Waals surface area contributed by atoms with E-state index >= 15 is 0 Å². The zero-order chi connectivity index (χ0) is 27.5. The second-order valence-electron chi connectivity index (χ2n) is 10.0. The predicted octanol–water partition coefficient (Wildman–Crippen LogP) is 4.38. The number of hydrogen-bond donors (Lipinski definition) is 1. The lowest BCUT2D eigenvalue weighted by Crippen LogP contribution is -2.41. The summed E-state index contributed by atoms with van der Waals surface area (Å²) in [5.74, 6) is 1.28. The van der Waals surface area contributed by atoms with Crippen molar-refractivity contribution in [3.63, 3.8) is 0 Å². The van der Waals surface area contributed by atoms with Crippen molar-refractivity contribution in [2.75, 3.05) is 6.54 Å². The van der Waals surface area contributed by atoms with Crippen LogP contribution < -0.4 is 21.3 Å². The van der Waals surface area contributed by atoms with Gasteiger partial charge in [0, 0.05) is 33.8 Å². The number of halogens is 4. The molecule has 4 heterocycles. The first-order valence-electron chi connectivity index (χ1n) is 12.4. The lowest BCUT2D eigenvalue weighted by molar-refractivity contribution is -0.141. The molecule has 6 rings (SSSR count). The molecular formula is C26H23ClF3N5O3S. The van der Waals surface area contributed by atoms with Gasteiger partial charge in [0.15, 0.2) is 0 Å². The summed E-state index contributed by atoms with van der Waals surface area (Å²) in [6, 6.07) is 6.59. The number of aryl methyl sites for hydroxylation is 1. The van der Waals surface area contributed by atoms with Crippen molar-refractivity contribution in [2.24, 2.45) is 5.92 Å². The summed E-state index contributed by atoms with van der Waals surface area (Å²) in [7, 11) is 0. The molecule has 8 nitrogen and oxygen atoms in total. The van der Waals surface area contributed by atoms with Gasteiger partial charge in [-0.3, -0.25) is 13.9 Å². The molecule has 1 saturated carbocycles. The minimum absolute atomic E-state index is 0.0300. The number of alkyl halides is 3. The summed E-state index contributed by atoms with van der Waals surface area (Å²) in [4.78, 5) is 34.5. The Hall–Kier alpha value is -3.22. The lowest BCUT2D eigenvalue weighted by Gasteiger charge is -2.26. The third kappa shape index (κ3) is 5.08. The molecule has 39 heavy (non-hydrogen) atoms. The number of nitrogens with zero attached hydrogens (tertiary/aromatic N) is 4. The molecule has 0 spiro atoms. The molecule has 1 N–H and O–H groups in total. The van der Waals surface area contributed by atoms with Gasteiger partial charge in [-0.15, -0.1) is 11.3 Å². The Morgan fingerprint density at radius 1 is 1.21 bits per heavy atom. The van der Waals surface area contributed by atoms with Crippen LogP contribution in [0.5, 0.6) is 5.75 Å². The average molecular weight is 578 g/mol. The molecule has 13 heteroatoms. The summed E-state index contributed by atoms with van der Waals surface area (Å²) >= 11 is 7.71. The van der Waals surface area contributed by atoms with Crippen molar-refractivity contribution in [1.82, 2.24) is 24.4 Å². The molecule has 0 amide bonds. The van der Waals surface area contributed by atoms with Crippen molar-refractivity contribution in [3.05, 3.63) is 73.1 Å². The number of fused-ring (bicyclic) bond motifs is 3. The topological polar surface area (TPSA) is 91.0 Å². The molecule has 3 atom stereocenters. The molecule has 204 valence electrons. The van der Waals surface area contributed by atoms with Gasteiger partial charge in [-0.1, -0.05) is 11.6 Å². The summed E-state index contributed by atoms with van der Waals surface area (Å²) in [5.41, 5.74) is 0.998. The fraction of sp³-hybridized carbons (Fsp3) is 0.385. The fourth-order valence-electron chi connectivity index (χ4n) is 5.49. The summed E-state index contributed by atoms with van der Waals surface area (Å²) < 4.78 is 47.2. The van der Waals surface area contributed by atoms with Crippen molar-refractivity contribution >= 4 is 33.2 Å². The average Bonchev–Trinajstić information content (AvgIpc) is 3.59. The van der Waals surface area contributed by atoms with Crippen molar-refractivity contribution in [2.45, 2.75) is 51.2 Å². The second kappa shape index (κ2) is 9.76. The van der Waals surface area contributed by atoms with E-state index in [4.69, 9.17) is 16.3 Å². The van der Waals surface area contributed by atoms with Gasteiger partial charge in [-0.2, -0.15) is 13.2 Å². The van der Waals surface area contributed by atoms with Gasteiger partial charge in [0.05, 0.1) is 22.5 Å². The Balaban J connectivity index is 1.39. The molecule has 2 aliphatic rings. The predicted molar refractivity (Wildman–Crippen MR) is 142 cm³/mol. The molecular weight excluding hydrogens is 555 g/mol. The van der Waals surface area contributed by atoms with Crippen LogP contribution in [0.3, 0.4) is 0 Å². The summed E-state index contributed by atoms with van der Waals surface area (Å²) in [6.07, 6.45) is -0.239. The normalized spacial score (nSPS) is 20.7. The van der Waals surface area contributed by atoms with Crippen LogP contribution in [0.1, 0.15) is 23.3 Å². The smallest absolute Gasteiger partial charge is 0.406 e. The van der Waals surface area contributed by atoms with E-state index in [0.29, 0.717) is 53.7 Å². The van der Waals surface area contributed by atoms with E-state index < -0.39 is 24.0 Å². The zero-order valence-corrected chi connectivity index (χ0v) is 22.2. The number of aromatic nitrogens is 4. The van der Waals surface area contributed by atoms with Gasteiger partial charge in [-0.05, 0) is 56.0 Å². The largest absolute Gasteiger partial charge is 0.488 e. The third-order valence-corrected chi connectivity index (χ3v) is 8.53. The van der Waals surface area contributed by atoms with Gasteiger partial charge in [0.25, 0.3) is 5.56 Å². The highest BCUT2D eigenvalue weighted by atomic mass is 35.5. The molecule has 3 aromatic heterocycles. The standard InChI is InChI=1S/C26H23ClF3N5O3S/c1-13-4-15(27)7-17(23(13)38-20-6-14-5-18(20)31-9-14)22-24-19(32-12-33-22)8-16(39-24)10-35-21(36)2-3-34(25(35)37)11-26(28,29)30/h2-4,7-8,12,14,18,20,31H,5-6,9-11H2,1H3. The maximum Gasteiger partial charge on any atom is 0.406 e. The Morgan fingerprint density at radius 2 is 2.03 bits per heavy atom. The first kappa shape index (κ1) is 26.0. The van der Waals surface area contributed by atoms with Gasteiger partial charge >= 0.3 is 11.9 Å². The van der Waals surface area contributed by atoms with Crippen molar-refractivity contribution in [3.8, 4) is 17.0 Å². The second-order valence-corrected chi connectivity index (χ2v) is 11.6. The lowest BCUT2D eigenvalue weighted by atomic mass is 10.0. The van der Waals surface area contributed by atoms with Gasteiger partial charge in [0.2, 0.25) is 0 Å². The monoisotopic (exact) mass is 577 g/mol. The molecule has 3 unspecified atom stereocenters. The number of piperidine rings is 1. The number of benzene rings is 1. The Labute approximate surface area is 229 Å². The van der Waals surface area contributed by atoms with Crippen LogP contribution in [0.15, 0.2) is 46.4 Å². The van der Waals surface area contributed by atoms with E-state index in [-0.39, 0.29) is 12.6 Å². The molecule has 1 aliphatic heterocycles. The highest BCUT2D eigenvalue weighted by Gasteiger charge is 2.41. The van der Waals surface area contributed by atoms with E-state index in [0.717, 1.165) is 41.8 Å². The van der Waals surface area contributed by atoms with Crippen LogP contribution in [0, 0.1) is 12.8 Å². The Morgan fingerprint density at radius 3 is 2.74 bits per heavy atom. The molecule has 4 aromatic rings. The molecule has 2 fully saturated rings. The maximum absolute atomic E-state index is 12.9. The van der Waals surface area contributed by atoms with E-state index in [1.807, 2.05) is 13.0 Å². The Kier molecular flexibility index (Phi) is 6.51. The van der Waals surface area contributed by atoms with E-state index in [1.54, 1.807) is 12.1 Å². The number of hydrogen-bond acceptors (Lipinski definition) is 7. The van der Waals surface area contributed by atoms with Crippen LogP contribution in [-0.4, -0.2) is 44.0 Å². The number of rotatable bonds is 6. The van der Waals surface area contributed by atoms with Crippen LogP contribution >= 0.6 is 22.9 Å². The molecule has 0 radical (unpaired) electrons. The van der Waals surface area contributed by atoms with Crippen molar-refractivity contribution < 1.29 is 17.9 Å². The number of thiophene rings is 1. The molecule has 1 aromatic carbocycles. The van der Waals surface area contributed by atoms with E-state index in [1.165, 1.54) is 17.7 Å². The van der Waals surface area contributed by atoms with E-state index in [2.05, 4.69) is 15.3 Å². The van der Waals surface area contributed by atoms with Crippen LogP contribution in [-0.2, 0) is 13.1 Å². The highest BCUT2D eigenvalue weighted by Crippen LogP contribution is 2.43. The van der Waals surface area contributed by atoms with Crippen molar-refractivity contribution in [1.29, 1.82) is 0 Å². The summed E-state index contributed by atoms with van der Waals surface area (Å²) in [6.45, 7) is 1.25. The molecule has 1 saturated heterocycles. The fourth-order valence-corrected chi connectivity index (χ4v) is 6.86. The SMILES string of the molecule is Cc1cc(Cl)cc(-c2ncnc3cc(Cn4c(=O)ccn(CC(F)(F)F)c4=O)sc23)c1OC1CC2CNC1C2. The van der Waals surface area contributed by atoms with Gasteiger partial charge in [0.1, 0.15) is 24.7 Å². The minimum Gasteiger partial charge on any atom is -0.488 e.